The van der Waals surface area contributed by atoms with Gasteiger partial charge in [-0.2, -0.15) is 0 Å². The number of carbonyl (C=O) groups excluding carboxylic acids is 1. The molecule has 4 heteroatoms. The van der Waals surface area contributed by atoms with Crippen molar-refractivity contribution in [3.05, 3.63) is 54.6 Å². The summed E-state index contributed by atoms with van der Waals surface area (Å²) in [6, 6.07) is 17.0. The molecule has 0 radical (unpaired) electrons. The van der Waals surface area contributed by atoms with Crippen LogP contribution in [0.15, 0.2) is 54.6 Å². The number of rotatable bonds is 3. The van der Waals surface area contributed by atoms with Crippen molar-refractivity contribution >= 4 is 17.5 Å². The first-order chi connectivity index (χ1) is 10.8. The zero-order chi connectivity index (χ0) is 15.2. The molecule has 0 spiro atoms. The van der Waals surface area contributed by atoms with Gasteiger partial charge in [0.15, 0.2) is 5.75 Å². The van der Waals surface area contributed by atoms with Gasteiger partial charge in [0.25, 0.3) is 0 Å². The fourth-order valence-electron chi connectivity index (χ4n) is 2.70. The number of benzene rings is 2. The average molecular weight is 296 g/mol. The summed E-state index contributed by atoms with van der Waals surface area (Å²) in [5.74, 6) is 0.609. The Balaban J connectivity index is 1.70. The summed E-state index contributed by atoms with van der Waals surface area (Å²) in [6.45, 7) is 2.03. The van der Waals surface area contributed by atoms with Gasteiger partial charge in [0.1, 0.15) is 0 Å². The third-order valence-corrected chi connectivity index (χ3v) is 3.78. The van der Waals surface area contributed by atoms with Crippen molar-refractivity contribution in [2.24, 2.45) is 0 Å². The smallest absolute Gasteiger partial charge is 0.408 e. The second kappa shape index (κ2) is 6.98. The van der Waals surface area contributed by atoms with Crippen LogP contribution in [0.3, 0.4) is 0 Å². The molecule has 1 saturated heterocycles. The molecule has 114 valence electrons. The molecule has 0 atom stereocenters. The van der Waals surface area contributed by atoms with Crippen LogP contribution in [0.5, 0.6) is 5.75 Å². The first kappa shape index (κ1) is 14.4. The molecule has 1 fully saturated rings. The van der Waals surface area contributed by atoms with Crippen molar-refractivity contribution in [2.75, 3.05) is 23.3 Å². The Hall–Kier alpha value is -2.49. The van der Waals surface area contributed by atoms with E-state index in [1.54, 1.807) is 0 Å². The maximum absolute atomic E-state index is 12.1. The van der Waals surface area contributed by atoms with Crippen molar-refractivity contribution in [1.29, 1.82) is 0 Å². The molecule has 22 heavy (non-hydrogen) atoms. The summed E-state index contributed by atoms with van der Waals surface area (Å²) in [4.78, 5) is 14.4. The molecule has 1 aliphatic rings. The van der Waals surface area contributed by atoms with Crippen LogP contribution in [0, 0.1) is 0 Å². The molecule has 0 aliphatic carbocycles. The van der Waals surface area contributed by atoms with Gasteiger partial charge in [-0.1, -0.05) is 30.3 Å². The van der Waals surface area contributed by atoms with Crippen LogP contribution in [-0.4, -0.2) is 19.2 Å². The van der Waals surface area contributed by atoms with Crippen LogP contribution in [0.2, 0.25) is 0 Å². The first-order valence-electron chi connectivity index (χ1n) is 7.71. The Kier molecular flexibility index (Phi) is 4.59. The van der Waals surface area contributed by atoms with Crippen LogP contribution in [0.25, 0.3) is 0 Å². The number of ether oxygens (including phenoxy) is 1. The molecule has 0 saturated carbocycles. The standard InChI is InChI=1S/C18H20N2O2/c21-18(19-15-9-3-1-4-10-15)22-17-12-6-5-11-16(17)20-13-7-2-8-14-20/h1,3-6,9-12H,2,7-8,13-14H2,(H,19,21). The van der Waals surface area contributed by atoms with Crippen molar-refractivity contribution in [3.8, 4) is 5.75 Å². The number of carbonyl (C=O) groups is 1. The molecule has 1 amide bonds. The van der Waals surface area contributed by atoms with Crippen molar-refractivity contribution in [1.82, 2.24) is 0 Å². The van der Waals surface area contributed by atoms with Crippen LogP contribution < -0.4 is 15.0 Å². The number of anilines is 2. The zero-order valence-electron chi connectivity index (χ0n) is 12.5. The van der Waals surface area contributed by atoms with Crippen molar-refractivity contribution in [3.63, 3.8) is 0 Å². The highest BCUT2D eigenvalue weighted by molar-refractivity contribution is 5.87. The predicted octanol–water partition coefficient (Wildman–Crippen LogP) is 4.29. The van der Waals surface area contributed by atoms with E-state index in [0.29, 0.717) is 5.75 Å². The van der Waals surface area contributed by atoms with E-state index in [4.69, 9.17) is 4.74 Å². The van der Waals surface area contributed by atoms with Crippen LogP contribution in [0.4, 0.5) is 16.2 Å². The number of para-hydroxylation sites is 3. The molecule has 1 heterocycles. The van der Waals surface area contributed by atoms with E-state index in [2.05, 4.69) is 10.2 Å². The Morgan fingerprint density at radius 1 is 0.909 bits per heavy atom. The first-order valence-corrected chi connectivity index (χ1v) is 7.71. The van der Waals surface area contributed by atoms with E-state index in [9.17, 15) is 4.79 Å². The highest BCUT2D eigenvalue weighted by atomic mass is 16.6. The SMILES string of the molecule is O=C(Nc1ccccc1)Oc1ccccc1N1CCCCC1. The third kappa shape index (κ3) is 3.58. The lowest BCUT2D eigenvalue weighted by Crippen LogP contribution is -2.30. The van der Waals surface area contributed by atoms with E-state index in [1.165, 1.54) is 19.3 Å². The summed E-state index contributed by atoms with van der Waals surface area (Å²) in [6.07, 6.45) is 3.18. The van der Waals surface area contributed by atoms with Crippen LogP contribution in [-0.2, 0) is 0 Å². The van der Waals surface area contributed by atoms with Gasteiger partial charge in [0.2, 0.25) is 0 Å². The van der Waals surface area contributed by atoms with Crippen LogP contribution in [0.1, 0.15) is 19.3 Å². The normalized spacial score (nSPS) is 14.5. The summed E-state index contributed by atoms with van der Waals surface area (Å²) in [5, 5.41) is 2.74. The second-order valence-electron chi connectivity index (χ2n) is 5.40. The third-order valence-electron chi connectivity index (χ3n) is 3.78. The second-order valence-corrected chi connectivity index (χ2v) is 5.40. The molecule has 1 N–H and O–H groups in total. The highest BCUT2D eigenvalue weighted by Gasteiger charge is 2.16. The number of nitrogens with one attached hydrogen (secondary N) is 1. The molecule has 0 aromatic heterocycles. The molecular formula is C18H20N2O2. The van der Waals surface area contributed by atoms with Gasteiger partial charge in [0.05, 0.1) is 5.69 Å². The molecule has 4 nitrogen and oxygen atoms in total. The van der Waals surface area contributed by atoms with Gasteiger partial charge in [-0.05, 0) is 43.5 Å². The quantitative estimate of drug-likeness (QED) is 0.918. The fraction of sp³-hybridized carbons (Fsp3) is 0.278. The zero-order valence-corrected chi connectivity index (χ0v) is 12.5. The monoisotopic (exact) mass is 296 g/mol. The lowest BCUT2D eigenvalue weighted by molar-refractivity contribution is 0.215. The van der Waals surface area contributed by atoms with E-state index >= 15 is 0 Å². The Morgan fingerprint density at radius 2 is 1.59 bits per heavy atom. The number of nitrogens with zero attached hydrogens (tertiary/aromatic N) is 1. The van der Waals surface area contributed by atoms with Crippen LogP contribution >= 0.6 is 0 Å². The van der Waals surface area contributed by atoms with Gasteiger partial charge in [-0.25, -0.2) is 4.79 Å². The topological polar surface area (TPSA) is 41.6 Å². The summed E-state index contributed by atoms with van der Waals surface area (Å²) < 4.78 is 5.51. The minimum absolute atomic E-state index is 0.462. The Labute approximate surface area is 130 Å². The van der Waals surface area contributed by atoms with Gasteiger partial charge in [-0.3, -0.25) is 5.32 Å². The minimum Gasteiger partial charge on any atom is -0.408 e. The van der Waals surface area contributed by atoms with Crippen molar-refractivity contribution in [2.45, 2.75) is 19.3 Å². The van der Waals surface area contributed by atoms with Gasteiger partial charge in [0, 0.05) is 18.8 Å². The molecule has 2 aromatic carbocycles. The van der Waals surface area contributed by atoms with Gasteiger partial charge >= 0.3 is 6.09 Å². The van der Waals surface area contributed by atoms with Crippen molar-refractivity contribution < 1.29 is 9.53 Å². The molecule has 3 rings (SSSR count). The maximum atomic E-state index is 12.1. The minimum atomic E-state index is -0.462. The molecule has 2 aromatic rings. The van der Waals surface area contributed by atoms with E-state index < -0.39 is 6.09 Å². The Morgan fingerprint density at radius 3 is 2.36 bits per heavy atom. The maximum Gasteiger partial charge on any atom is 0.417 e. The summed E-state index contributed by atoms with van der Waals surface area (Å²) in [5.41, 5.74) is 1.72. The predicted molar refractivity (Wildman–Crippen MR) is 88.6 cm³/mol. The van der Waals surface area contributed by atoms with E-state index in [-0.39, 0.29) is 0 Å². The van der Waals surface area contributed by atoms with E-state index in [0.717, 1.165) is 24.5 Å². The molecular weight excluding hydrogens is 276 g/mol. The van der Waals surface area contributed by atoms with E-state index in [1.807, 2.05) is 54.6 Å². The number of hydrogen-bond donors (Lipinski definition) is 1. The lowest BCUT2D eigenvalue weighted by Gasteiger charge is -2.29. The summed E-state index contributed by atoms with van der Waals surface area (Å²) >= 11 is 0. The highest BCUT2D eigenvalue weighted by Crippen LogP contribution is 2.30. The number of amides is 1. The number of hydrogen-bond acceptors (Lipinski definition) is 3. The molecule has 0 bridgehead atoms. The summed E-state index contributed by atoms with van der Waals surface area (Å²) in [7, 11) is 0. The fourth-order valence-corrected chi connectivity index (χ4v) is 2.70. The Bertz CT molecular complexity index is 622. The lowest BCUT2D eigenvalue weighted by atomic mass is 10.1. The largest absolute Gasteiger partial charge is 0.417 e. The van der Waals surface area contributed by atoms with Gasteiger partial charge in [-0.15, -0.1) is 0 Å². The van der Waals surface area contributed by atoms with Gasteiger partial charge < -0.3 is 9.64 Å². The number of piperidine rings is 1. The molecule has 0 unspecified atom stereocenters. The molecule has 1 aliphatic heterocycles. The average Bonchev–Trinajstić information content (AvgIpc) is 2.57.